The van der Waals surface area contributed by atoms with Crippen molar-refractivity contribution in [2.75, 3.05) is 11.5 Å². The van der Waals surface area contributed by atoms with Gasteiger partial charge in [-0.05, 0) is 39.5 Å². The SMILES string of the molecule is Cc1c2n3c(c(C)c(=O)n3c1=O)CNC(=O)CCCCCS(=O)(=O)CCCCCC(=O)NC2. The van der Waals surface area contributed by atoms with Crippen LogP contribution >= 0.6 is 0 Å². The average molecular weight is 481 g/mol. The highest BCUT2D eigenvalue weighted by Gasteiger charge is 2.23. The molecule has 3 heterocycles. The predicted octanol–water partition coefficient (Wildman–Crippen LogP) is 0.595. The number of aromatic nitrogens is 2. The smallest absolute Gasteiger partial charge is 0.277 e. The van der Waals surface area contributed by atoms with Gasteiger partial charge < -0.3 is 10.6 Å². The number of hydrogen-bond acceptors (Lipinski definition) is 6. The fourth-order valence-corrected chi connectivity index (χ4v) is 5.68. The van der Waals surface area contributed by atoms with Crippen LogP contribution in [0.15, 0.2) is 9.59 Å². The van der Waals surface area contributed by atoms with Crippen molar-refractivity contribution in [1.82, 2.24) is 19.7 Å². The van der Waals surface area contributed by atoms with Crippen LogP contribution in [0.3, 0.4) is 0 Å². The zero-order valence-corrected chi connectivity index (χ0v) is 20.1. The summed E-state index contributed by atoms with van der Waals surface area (Å²) >= 11 is 0. The summed E-state index contributed by atoms with van der Waals surface area (Å²) in [6.07, 6.45) is 3.93. The number of sulfone groups is 1. The zero-order valence-electron chi connectivity index (χ0n) is 19.2. The third-order valence-electron chi connectivity index (χ3n) is 6.23. The summed E-state index contributed by atoms with van der Waals surface area (Å²) < 4.78 is 26.8. The maximum Gasteiger partial charge on any atom is 0.277 e. The fourth-order valence-electron chi connectivity index (χ4n) is 4.19. The molecule has 2 aromatic rings. The summed E-state index contributed by atoms with van der Waals surface area (Å²) in [5.74, 6) is -0.202. The molecule has 0 bridgehead atoms. The van der Waals surface area contributed by atoms with Gasteiger partial charge in [-0.2, -0.15) is 4.52 Å². The largest absolute Gasteiger partial charge is 0.350 e. The summed E-state index contributed by atoms with van der Waals surface area (Å²) in [5, 5.41) is 5.59. The molecular weight excluding hydrogens is 448 g/mol. The van der Waals surface area contributed by atoms with E-state index in [0.717, 1.165) is 4.52 Å². The highest BCUT2D eigenvalue weighted by atomic mass is 32.2. The predicted molar refractivity (Wildman–Crippen MR) is 123 cm³/mol. The minimum Gasteiger partial charge on any atom is -0.350 e. The number of carbonyl (C=O) groups is 2. The first kappa shape index (κ1) is 24.9. The summed E-state index contributed by atoms with van der Waals surface area (Å²) in [5.41, 5.74) is 0.861. The van der Waals surface area contributed by atoms with E-state index < -0.39 is 21.0 Å². The van der Waals surface area contributed by atoms with Crippen molar-refractivity contribution in [3.8, 4) is 0 Å². The lowest BCUT2D eigenvalue weighted by atomic mass is 10.2. The Morgan fingerprint density at radius 2 is 1.06 bits per heavy atom. The van der Waals surface area contributed by atoms with E-state index in [2.05, 4.69) is 10.6 Å². The summed E-state index contributed by atoms with van der Waals surface area (Å²) in [6.45, 7) is 3.36. The number of hydrogen-bond donors (Lipinski definition) is 2. The van der Waals surface area contributed by atoms with Gasteiger partial charge in [-0.3, -0.25) is 19.2 Å². The van der Waals surface area contributed by atoms with Crippen molar-refractivity contribution in [3.63, 3.8) is 0 Å². The van der Waals surface area contributed by atoms with Crippen molar-refractivity contribution < 1.29 is 18.0 Å². The molecule has 2 N–H and O–H groups in total. The van der Waals surface area contributed by atoms with Crippen LogP contribution in [0.25, 0.3) is 0 Å². The highest BCUT2D eigenvalue weighted by Crippen LogP contribution is 2.12. The molecular formula is C22H32N4O6S. The van der Waals surface area contributed by atoms with Crippen LogP contribution in [0.1, 0.15) is 73.9 Å². The third kappa shape index (κ3) is 5.82. The molecule has 10 nitrogen and oxygen atoms in total. The standard InChI is InChI=1S/C22H32N4O6S/c1-15-17-13-23-19(27)9-5-3-7-11-33(31,32)12-8-4-6-10-20(28)24-14-18-16(2)22(30)26(21(15)29)25(17)18/h3-14H2,1-2H3,(H,23,27)(H,24,28). The molecule has 1 aliphatic heterocycles. The molecule has 2 amide bonds. The van der Waals surface area contributed by atoms with E-state index in [9.17, 15) is 27.6 Å². The molecule has 0 aliphatic carbocycles. The molecule has 33 heavy (non-hydrogen) atoms. The minimum absolute atomic E-state index is 0.0687. The van der Waals surface area contributed by atoms with Gasteiger partial charge in [-0.1, -0.05) is 12.8 Å². The van der Waals surface area contributed by atoms with Crippen LogP contribution < -0.4 is 21.8 Å². The monoisotopic (exact) mass is 480 g/mol. The van der Waals surface area contributed by atoms with Gasteiger partial charge in [0.25, 0.3) is 11.1 Å². The second-order valence-corrected chi connectivity index (χ2v) is 11.0. The second-order valence-electron chi connectivity index (χ2n) is 8.70. The molecule has 0 atom stereocenters. The van der Waals surface area contributed by atoms with Crippen LogP contribution in [-0.4, -0.2) is 40.8 Å². The minimum atomic E-state index is -3.12. The first-order valence-electron chi connectivity index (χ1n) is 11.4. The van der Waals surface area contributed by atoms with Crippen molar-refractivity contribution in [2.45, 2.75) is 78.3 Å². The Bertz CT molecular complexity index is 1160. The molecule has 182 valence electrons. The van der Waals surface area contributed by atoms with Crippen LogP contribution in [0.4, 0.5) is 0 Å². The second kappa shape index (κ2) is 10.5. The van der Waals surface area contributed by atoms with Crippen molar-refractivity contribution in [2.24, 2.45) is 0 Å². The maximum atomic E-state index is 12.7. The van der Waals surface area contributed by atoms with E-state index in [-0.39, 0.29) is 49.3 Å². The first-order chi connectivity index (χ1) is 15.6. The van der Waals surface area contributed by atoms with Crippen molar-refractivity contribution in [1.29, 1.82) is 0 Å². The Kier molecular flexibility index (Phi) is 7.93. The summed E-state index contributed by atoms with van der Waals surface area (Å²) in [6, 6.07) is 0. The van der Waals surface area contributed by atoms with Crippen molar-refractivity contribution in [3.05, 3.63) is 43.2 Å². The molecule has 0 saturated heterocycles. The Balaban J connectivity index is 1.85. The Morgan fingerprint density at radius 1 is 0.636 bits per heavy atom. The van der Waals surface area contributed by atoms with Gasteiger partial charge >= 0.3 is 0 Å². The van der Waals surface area contributed by atoms with E-state index in [0.29, 0.717) is 61.0 Å². The Morgan fingerprint density at radius 3 is 1.48 bits per heavy atom. The van der Waals surface area contributed by atoms with E-state index in [1.807, 2.05) is 0 Å². The van der Waals surface area contributed by atoms with Gasteiger partial charge in [0.1, 0.15) is 9.84 Å². The molecule has 0 fully saturated rings. The summed E-state index contributed by atoms with van der Waals surface area (Å²) in [4.78, 5) is 50.0. The van der Waals surface area contributed by atoms with Gasteiger partial charge in [0.05, 0.1) is 36.0 Å². The number of nitrogens with zero attached hydrogens (tertiary/aromatic N) is 2. The van der Waals surface area contributed by atoms with Gasteiger partial charge in [0.2, 0.25) is 11.8 Å². The zero-order chi connectivity index (χ0) is 24.2. The fraction of sp³-hybridized carbons (Fsp3) is 0.636. The molecule has 0 saturated carbocycles. The number of amides is 2. The van der Waals surface area contributed by atoms with Gasteiger partial charge in [0.15, 0.2) is 0 Å². The van der Waals surface area contributed by atoms with E-state index >= 15 is 0 Å². The molecule has 0 radical (unpaired) electrons. The molecule has 0 spiro atoms. The van der Waals surface area contributed by atoms with Crippen LogP contribution in [0.5, 0.6) is 0 Å². The third-order valence-corrected chi connectivity index (χ3v) is 8.05. The van der Waals surface area contributed by atoms with Gasteiger partial charge in [0, 0.05) is 24.0 Å². The maximum absolute atomic E-state index is 12.7. The average Bonchev–Trinajstić information content (AvgIpc) is 3.14. The molecule has 1 aliphatic rings. The van der Waals surface area contributed by atoms with E-state index in [1.54, 1.807) is 13.8 Å². The van der Waals surface area contributed by atoms with Crippen LogP contribution in [0.2, 0.25) is 0 Å². The number of nitrogens with one attached hydrogen (secondary N) is 2. The van der Waals surface area contributed by atoms with Crippen LogP contribution in [-0.2, 0) is 32.5 Å². The topological polar surface area (TPSA) is 135 Å². The molecule has 3 rings (SSSR count). The highest BCUT2D eigenvalue weighted by molar-refractivity contribution is 7.91. The Hall–Kier alpha value is -2.69. The van der Waals surface area contributed by atoms with Gasteiger partial charge in [-0.25, -0.2) is 12.9 Å². The normalized spacial score (nSPS) is 19.7. The molecule has 0 unspecified atom stereocenters. The quantitative estimate of drug-likeness (QED) is 0.567. The number of rotatable bonds is 0. The number of carbonyl (C=O) groups excluding carboxylic acids is 2. The van der Waals surface area contributed by atoms with Gasteiger partial charge in [-0.15, -0.1) is 0 Å². The lowest BCUT2D eigenvalue weighted by molar-refractivity contribution is -0.122. The molecule has 2 aromatic heterocycles. The van der Waals surface area contributed by atoms with Crippen molar-refractivity contribution >= 4 is 21.7 Å². The summed E-state index contributed by atoms with van der Waals surface area (Å²) in [7, 11) is -3.12. The lowest BCUT2D eigenvalue weighted by Crippen LogP contribution is -2.26. The lowest BCUT2D eigenvalue weighted by Gasteiger charge is -2.10. The van der Waals surface area contributed by atoms with E-state index in [4.69, 9.17) is 0 Å². The molecule has 11 heteroatoms. The molecule has 0 aromatic carbocycles. The van der Waals surface area contributed by atoms with E-state index in [1.165, 1.54) is 4.52 Å². The Labute approximate surface area is 192 Å². The first-order valence-corrected chi connectivity index (χ1v) is 13.3. The van der Waals surface area contributed by atoms with Crippen LogP contribution in [0, 0.1) is 13.8 Å².